The first kappa shape index (κ1) is 9.77. The summed E-state index contributed by atoms with van der Waals surface area (Å²) in [4.78, 5) is 0. The molecule has 1 heteroatoms. The minimum absolute atomic E-state index is 1.03. The third-order valence-electron chi connectivity index (χ3n) is 2.91. The maximum atomic E-state index is 3.51. The van der Waals surface area contributed by atoms with Gasteiger partial charge < -0.3 is 0 Å². The van der Waals surface area contributed by atoms with Crippen LogP contribution in [0.2, 0.25) is 0 Å². The van der Waals surface area contributed by atoms with Crippen LogP contribution in [-0.4, -0.2) is 0 Å². The van der Waals surface area contributed by atoms with E-state index in [-0.39, 0.29) is 0 Å². The van der Waals surface area contributed by atoms with E-state index >= 15 is 0 Å². The summed E-state index contributed by atoms with van der Waals surface area (Å²) in [5, 5.41) is 0. The number of hydrogen-bond donors (Lipinski definition) is 0. The SMILES string of the molecule is Brc1ccc2c(c1)C=C(C1=CC=[C+]C=C1)C2. The molecule has 1 aromatic carbocycles. The van der Waals surface area contributed by atoms with Crippen molar-refractivity contribution in [3.05, 3.63) is 75.3 Å². The average molecular weight is 270 g/mol. The summed E-state index contributed by atoms with van der Waals surface area (Å²) in [5.74, 6) is 0. The molecule has 0 nitrogen and oxygen atoms in total. The molecule has 0 aromatic heterocycles. The summed E-state index contributed by atoms with van der Waals surface area (Å²) in [7, 11) is 0. The predicted octanol–water partition coefficient (Wildman–Crippen LogP) is 4.24. The van der Waals surface area contributed by atoms with E-state index in [1.807, 2.05) is 12.2 Å². The van der Waals surface area contributed by atoms with Gasteiger partial charge in [-0.3, -0.25) is 0 Å². The van der Waals surface area contributed by atoms with Crippen LogP contribution in [-0.2, 0) is 6.42 Å². The second-order valence-electron chi connectivity index (χ2n) is 3.98. The average Bonchev–Trinajstić information content (AvgIpc) is 2.73. The van der Waals surface area contributed by atoms with Crippen molar-refractivity contribution >= 4 is 22.0 Å². The minimum atomic E-state index is 1.03. The smallest absolute Gasteiger partial charge is 0.0570 e. The molecule has 1 aromatic rings. The molecule has 3 rings (SSSR count). The summed E-state index contributed by atoms with van der Waals surface area (Å²) in [6.45, 7) is 0. The third-order valence-corrected chi connectivity index (χ3v) is 3.40. The van der Waals surface area contributed by atoms with Gasteiger partial charge in [-0.25, -0.2) is 0 Å². The van der Waals surface area contributed by atoms with Gasteiger partial charge in [0.05, 0.1) is 17.7 Å². The summed E-state index contributed by atoms with van der Waals surface area (Å²) in [6.07, 6.45) is 14.5. The van der Waals surface area contributed by atoms with Gasteiger partial charge in [-0.1, -0.05) is 22.0 Å². The second kappa shape index (κ2) is 3.86. The number of benzene rings is 1. The fraction of sp³-hybridized carbons (Fsp3) is 0.0667. The highest BCUT2D eigenvalue weighted by Crippen LogP contribution is 2.32. The van der Waals surface area contributed by atoms with Crippen LogP contribution in [0.3, 0.4) is 0 Å². The van der Waals surface area contributed by atoms with Crippen LogP contribution in [0.4, 0.5) is 0 Å². The van der Waals surface area contributed by atoms with Crippen molar-refractivity contribution in [2.45, 2.75) is 6.42 Å². The molecule has 2 aliphatic carbocycles. The Labute approximate surface area is 104 Å². The lowest BCUT2D eigenvalue weighted by Gasteiger charge is -1.99. The first-order valence-corrected chi connectivity index (χ1v) is 6.08. The summed E-state index contributed by atoms with van der Waals surface area (Å²) in [6, 6.07) is 6.48. The third kappa shape index (κ3) is 1.69. The highest BCUT2D eigenvalue weighted by Gasteiger charge is 2.17. The molecular formula is C15H10Br+. The zero-order chi connectivity index (χ0) is 11.0. The molecule has 0 heterocycles. The number of halogens is 1. The van der Waals surface area contributed by atoms with Crippen molar-refractivity contribution in [2.24, 2.45) is 0 Å². The number of rotatable bonds is 1. The fourth-order valence-electron chi connectivity index (χ4n) is 2.09. The van der Waals surface area contributed by atoms with Crippen LogP contribution in [0.15, 0.2) is 58.1 Å². The Kier molecular flexibility index (Phi) is 2.36. The quantitative estimate of drug-likeness (QED) is 0.669. The van der Waals surface area contributed by atoms with Gasteiger partial charge in [-0.15, -0.1) is 0 Å². The van der Waals surface area contributed by atoms with E-state index in [0.29, 0.717) is 0 Å². The Morgan fingerprint density at radius 1 is 1.25 bits per heavy atom. The highest BCUT2D eigenvalue weighted by atomic mass is 79.9. The van der Waals surface area contributed by atoms with Crippen molar-refractivity contribution < 1.29 is 0 Å². The molecule has 0 N–H and O–H groups in total. The van der Waals surface area contributed by atoms with Gasteiger partial charge in [0.25, 0.3) is 0 Å². The van der Waals surface area contributed by atoms with Gasteiger partial charge in [0.1, 0.15) is 12.2 Å². The number of allylic oxidation sites excluding steroid dienone is 7. The molecule has 0 saturated heterocycles. The molecular weight excluding hydrogens is 260 g/mol. The molecule has 76 valence electrons. The summed E-state index contributed by atoms with van der Waals surface area (Å²) < 4.78 is 1.14. The molecule has 0 saturated carbocycles. The number of hydrogen-bond acceptors (Lipinski definition) is 0. The summed E-state index contributed by atoms with van der Waals surface area (Å²) in [5.41, 5.74) is 5.43. The maximum absolute atomic E-state index is 3.51. The van der Waals surface area contributed by atoms with Crippen LogP contribution in [0.1, 0.15) is 11.1 Å². The molecule has 16 heavy (non-hydrogen) atoms. The van der Waals surface area contributed by atoms with Crippen molar-refractivity contribution in [3.63, 3.8) is 0 Å². The lowest BCUT2D eigenvalue weighted by Crippen LogP contribution is -1.88. The molecule has 0 amide bonds. The fourth-order valence-corrected chi connectivity index (χ4v) is 2.47. The Hall–Kier alpha value is -1.43. The zero-order valence-electron chi connectivity index (χ0n) is 8.70. The van der Waals surface area contributed by atoms with Gasteiger partial charge in [-0.05, 0) is 34.9 Å². The largest absolute Gasteiger partial charge is 0.103 e. The van der Waals surface area contributed by atoms with E-state index in [9.17, 15) is 0 Å². The molecule has 0 radical (unpaired) electrons. The van der Waals surface area contributed by atoms with Gasteiger partial charge in [0.15, 0.2) is 0 Å². The second-order valence-corrected chi connectivity index (χ2v) is 4.89. The first-order valence-electron chi connectivity index (χ1n) is 5.28. The van der Waals surface area contributed by atoms with Crippen molar-refractivity contribution in [1.82, 2.24) is 0 Å². The van der Waals surface area contributed by atoms with Crippen LogP contribution in [0.5, 0.6) is 0 Å². The van der Waals surface area contributed by atoms with E-state index < -0.39 is 0 Å². The molecule has 0 atom stereocenters. The molecule has 2 aliphatic rings. The highest BCUT2D eigenvalue weighted by molar-refractivity contribution is 9.10. The lowest BCUT2D eigenvalue weighted by atomic mass is 10.0. The van der Waals surface area contributed by atoms with Crippen LogP contribution >= 0.6 is 15.9 Å². The normalized spacial score (nSPS) is 16.6. The lowest BCUT2D eigenvalue weighted by molar-refractivity contribution is 1.21. The van der Waals surface area contributed by atoms with Crippen LogP contribution < -0.4 is 0 Å². The monoisotopic (exact) mass is 269 g/mol. The maximum Gasteiger partial charge on any atom is 0.103 e. The molecule has 0 aliphatic heterocycles. The topological polar surface area (TPSA) is 0 Å². The Balaban J connectivity index is 1.98. The molecule has 0 bridgehead atoms. The van der Waals surface area contributed by atoms with Gasteiger partial charge in [-0.2, -0.15) is 0 Å². The Bertz CT molecular complexity index is 557. The molecule has 0 fully saturated rings. The van der Waals surface area contributed by atoms with E-state index in [0.717, 1.165) is 10.9 Å². The minimum Gasteiger partial charge on any atom is -0.0570 e. The van der Waals surface area contributed by atoms with Crippen LogP contribution in [0, 0.1) is 6.08 Å². The standard InChI is InChI=1S/C15H10Br/c16-15-7-6-12-8-13(9-14(12)10-15)11-4-2-1-3-5-11/h2-7,9-10H,8H2/q+1. The van der Waals surface area contributed by atoms with E-state index in [4.69, 9.17) is 0 Å². The Morgan fingerprint density at radius 2 is 2.19 bits per heavy atom. The van der Waals surface area contributed by atoms with Gasteiger partial charge in [0, 0.05) is 17.0 Å². The predicted molar refractivity (Wildman–Crippen MR) is 70.9 cm³/mol. The van der Waals surface area contributed by atoms with Crippen molar-refractivity contribution in [3.8, 4) is 0 Å². The van der Waals surface area contributed by atoms with Crippen molar-refractivity contribution in [2.75, 3.05) is 0 Å². The van der Waals surface area contributed by atoms with Gasteiger partial charge in [0.2, 0.25) is 0 Å². The summed E-state index contributed by atoms with van der Waals surface area (Å²) >= 11 is 3.51. The molecule has 0 spiro atoms. The van der Waals surface area contributed by atoms with E-state index in [1.54, 1.807) is 0 Å². The van der Waals surface area contributed by atoms with Crippen molar-refractivity contribution in [1.29, 1.82) is 0 Å². The zero-order valence-corrected chi connectivity index (χ0v) is 10.3. The van der Waals surface area contributed by atoms with E-state index in [1.165, 1.54) is 22.3 Å². The number of fused-ring (bicyclic) bond motifs is 1. The Morgan fingerprint density at radius 3 is 3.00 bits per heavy atom. The van der Waals surface area contributed by atoms with Gasteiger partial charge >= 0.3 is 0 Å². The first-order chi connectivity index (χ1) is 7.83. The molecule has 0 unspecified atom stereocenters. The van der Waals surface area contributed by atoms with Crippen LogP contribution in [0.25, 0.3) is 6.08 Å². The van der Waals surface area contributed by atoms with E-state index in [2.05, 4.69) is 58.4 Å².